The predicted octanol–water partition coefficient (Wildman–Crippen LogP) is 6.04. The van der Waals surface area contributed by atoms with E-state index in [1.54, 1.807) is 0 Å². The Hall–Kier alpha value is -2.69. The van der Waals surface area contributed by atoms with E-state index in [1.807, 2.05) is 54.8 Å². The van der Waals surface area contributed by atoms with Gasteiger partial charge in [0.2, 0.25) is 5.91 Å². The van der Waals surface area contributed by atoms with Crippen LogP contribution in [0.5, 0.6) is 0 Å². The van der Waals surface area contributed by atoms with E-state index in [1.165, 1.54) is 16.7 Å². The van der Waals surface area contributed by atoms with Crippen LogP contribution in [-0.2, 0) is 11.2 Å². The molecule has 1 amide bonds. The van der Waals surface area contributed by atoms with E-state index in [0.29, 0.717) is 5.02 Å². The summed E-state index contributed by atoms with van der Waals surface area (Å²) in [7, 11) is 0. The standard InChI is InChI=1S/C23H19ClN2OS/c1-15(20-8-4-6-16-5-2-3-7-21(16)20)25-22(27)13-19-14-28-23(26-19)17-9-11-18(24)12-10-17/h2-12,14-15H,13H2,1H3,(H,25,27). The van der Waals surface area contributed by atoms with Crippen molar-refractivity contribution in [1.82, 2.24) is 10.3 Å². The number of nitrogens with zero attached hydrogens (tertiary/aromatic N) is 1. The van der Waals surface area contributed by atoms with Crippen molar-refractivity contribution in [1.29, 1.82) is 0 Å². The number of thiazole rings is 1. The molecule has 1 N–H and O–H groups in total. The van der Waals surface area contributed by atoms with Gasteiger partial charge in [0, 0.05) is 16.0 Å². The zero-order valence-corrected chi connectivity index (χ0v) is 16.9. The monoisotopic (exact) mass is 406 g/mol. The zero-order valence-electron chi connectivity index (χ0n) is 15.4. The predicted molar refractivity (Wildman–Crippen MR) is 117 cm³/mol. The van der Waals surface area contributed by atoms with Crippen molar-refractivity contribution < 1.29 is 4.79 Å². The van der Waals surface area contributed by atoms with Crippen LogP contribution in [0.3, 0.4) is 0 Å². The Morgan fingerprint density at radius 3 is 2.64 bits per heavy atom. The third kappa shape index (κ3) is 4.08. The Morgan fingerprint density at radius 2 is 1.82 bits per heavy atom. The van der Waals surface area contributed by atoms with E-state index in [0.717, 1.165) is 27.2 Å². The molecular weight excluding hydrogens is 388 g/mol. The maximum atomic E-state index is 12.6. The fourth-order valence-corrected chi connectivity index (χ4v) is 4.23. The molecule has 3 nitrogen and oxygen atoms in total. The van der Waals surface area contributed by atoms with E-state index in [2.05, 4.69) is 34.6 Å². The zero-order chi connectivity index (χ0) is 19.5. The van der Waals surface area contributed by atoms with Crippen LogP contribution in [0.25, 0.3) is 21.3 Å². The number of nitrogens with one attached hydrogen (secondary N) is 1. The quantitative estimate of drug-likeness (QED) is 0.439. The number of benzene rings is 3. The molecule has 1 heterocycles. The van der Waals surface area contributed by atoms with Gasteiger partial charge in [-0.2, -0.15) is 0 Å². The molecule has 0 fully saturated rings. The van der Waals surface area contributed by atoms with Gasteiger partial charge in [-0.25, -0.2) is 4.98 Å². The van der Waals surface area contributed by atoms with Crippen LogP contribution < -0.4 is 5.32 Å². The fraction of sp³-hybridized carbons (Fsp3) is 0.130. The molecule has 1 atom stereocenters. The molecule has 0 radical (unpaired) electrons. The van der Waals surface area contributed by atoms with Gasteiger partial charge in [0.15, 0.2) is 0 Å². The highest BCUT2D eigenvalue weighted by molar-refractivity contribution is 7.13. The van der Waals surface area contributed by atoms with Gasteiger partial charge in [-0.1, -0.05) is 66.2 Å². The first-order chi connectivity index (χ1) is 13.6. The highest BCUT2D eigenvalue weighted by atomic mass is 35.5. The van der Waals surface area contributed by atoms with Gasteiger partial charge in [-0.15, -0.1) is 11.3 Å². The molecule has 0 bridgehead atoms. The highest BCUT2D eigenvalue weighted by Crippen LogP contribution is 2.26. The number of hydrogen-bond donors (Lipinski definition) is 1. The summed E-state index contributed by atoms with van der Waals surface area (Å²) in [6.45, 7) is 2.01. The third-order valence-electron chi connectivity index (χ3n) is 4.65. The molecule has 0 aliphatic rings. The first-order valence-corrected chi connectivity index (χ1v) is 10.3. The number of halogens is 1. The average molecular weight is 407 g/mol. The van der Waals surface area contributed by atoms with Gasteiger partial charge in [-0.3, -0.25) is 4.79 Å². The summed E-state index contributed by atoms with van der Waals surface area (Å²) in [5, 5.41) is 8.96. The molecule has 0 saturated carbocycles. The topological polar surface area (TPSA) is 42.0 Å². The number of fused-ring (bicyclic) bond motifs is 1. The molecule has 28 heavy (non-hydrogen) atoms. The molecule has 0 spiro atoms. The second-order valence-electron chi connectivity index (χ2n) is 6.69. The van der Waals surface area contributed by atoms with Crippen molar-refractivity contribution in [3.8, 4) is 10.6 Å². The number of carbonyl (C=O) groups is 1. The summed E-state index contributed by atoms with van der Waals surface area (Å²) in [6, 6.07) is 21.9. The van der Waals surface area contributed by atoms with E-state index in [4.69, 9.17) is 11.6 Å². The third-order valence-corrected chi connectivity index (χ3v) is 5.84. The van der Waals surface area contributed by atoms with Crippen LogP contribution in [-0.4, -0.2) is 10.9 Å². The average Bonchev–Trinajstić information content (AvgIpc) is 3.16. The largest absolute Gasteiger partial charge is 0.349 e. The molecule has 1 unspecified atom stereocenters. The molecule has 4 rings (SSSR count). The highest BCUT2D eigenvalue weighted by Gasteiger charge is 2.14. The summed E-state index contributed by atoms with van der Waals surface area (Å²) < 4.78 is 0. The summed E-state index contributed by atoms with van der Waals surface area (Å²) in [5.41, 5.74) is 2.90. The second kappa shape index (κ2) is 8.13. The van der Waals surface area contributed by atoms with Crippen molar-refractivity contribution in [3.63, 3.8) is 0 Å². The SMILES string of the molecule is CC(NC(=O)Cc1csc(-c2ccc(Cl)cc2)n1)c1cccc2ccccc12. The van der Waals surface area contributed by atoms with Gasteiger partial charge in [0.25, 0.3) is 0 Å². The van der Waals surface area contributed by atoms with Crippen LogP contribution in [0.1, 0.15) is 24.2 Å². The maximum Gasteiger partial charge on any atom is 0.226 e. The lowest BCUT2D eigenvalue weighted by atomic mass is 9.99. The maximum absolute atomic E-state index is 12.6. The Bertz CT molecular complexity index is 1120. The van der Waals surface area contributed by atoms with Gasteiger partial charge < -0.3 is 5.32 Å². The minimum Gasteiger partial charge on any atom is -0.349 e. The van der Waals surface area contributed by atoms with Crippen LogP contribution in [0.2, 0.25) is 5.02 Å². The van der Waals surface area contributed by atoms with Gasteiger partial charge >= 0.3 is 0 Å². The van der Waals surface area contributed by atoms with Crippen molar-refractivity contribution in [3.05, 3.63) is 88.4 Å². The minimum absolute atomic E-state index is 0.0339. The van der Waals surface area contributed by atoms with E-state index in [-0.39, 0.29) is 18.4 Å². The summed E-state index contributed by atoms with van der Waals surface area (Å²) in [4.78, 5) is 17.2. The van der Waals surface area contributed by atoms with E-state index >= 15 is 0 Å². The van der Waals surface area contributed by atoms with E-state index < -0.39 is 0 Å². The molecule has 5 heteroatoms. The molecule has 0 aliphatic carbocycles. The summed E-state index contributed by atoms with van der Waals surface area (Å²) in [6.07, 6.45) is 0.263. The van der Waals surface area contributed by atoms with Crippen LogP contribution in [0.15, 0.2) is 72.1 Å². The Labute approximate surface area is 173 Å². The number of carbonyl (C=O) groups excluding carboxylic acids is 1. The van der Waals surface area contributed by atoms with Crippen LogP contribution >= 0.6 is 22.9 Å². The lowest BCUT2D eigenvalue weighted by molar-refractivity contribution is -0.121. The molecule has 140 valence electrons. The Morgan fingerprint density at radius 1 is 1.07 bits per heavy atom. The molecule has 3 aromatic carbocycles. The molecule has 1 aromatic heterocycles. The summed E-state index contributed by atoms with van der Waals surface area (Å²) in [5.74, 6) is -0.0339. The fourth-order valence-electron chi connectivity index (χ4n) is 3.28. The molecule has 4 aromatic rings. The van der Waals surface area contributed by atoms with Crippen molar-refractivity contribution in [2.24, 2.45) is 0 Å². The minimum atomic E-state index is -0.0760. The Kier molecular flexibility index (Phi) is 5.42. The summed E-state index contributed by atoms with van der Waals surface area (Å²) >= 11 is 7.47. The Balaban J connectivity index is 1.45. The first kappa shape index (κ1) is 18.7. The number of amides is 1. The van der Waals surface area contributed by atoms with E-state index in [9.17, 15) is 4.79 Å². The number of rotatable bonds is 5. The molecule has 0 aliphatic heterocycles. The van der Waals surface area contributed by atoms with Crippen molar-refractivity contribution in [2.75, 3.05) is 0 Å². The van der Waals surface area contributed by atoms with Crippen molar-refractivity contribution >= 4 is 39.6 Å². The lowest BCUT2D eigenvalue weighted by Crippen LogP contribution is -2.28. The lowest BCUT2D eigenvalue weighted by Gasteiger charge is -2.16. The van der Waals surface area contributed by atoms with Crippen LogP contribution in [0, 0.1) is 0 Å². The van der Waals surface area contributed by atoms with Gasteiger partial charge in [0.1, 0.15) is 5.01 Å². The van der Waals surface area contributed by atoms with Gasteiger partial charge in [0.05, 0.1) is 18.2 Å². The first-order valence-electron chi connectivity index (χ1n) is 9.07. The number of aromatic nitrogens is 1. The van der Waals surface area contributed by atoms with Crippen LogP contribution in [0.4, 0.5) is 0 Å². The van der Waals surface area contributed by atoms with Crippen molar-refractivity contribution in [2.45, 2.75) is 19.4 Å². The normalized spacial score (nSPS) is 12.1. The smallest absolute Gasteiger partial charge is 0.226 e. The second-order valence-corrected chi connectivity index (χ2v) is 7.98. The number of hydrogen-bond acceptors (Lipinski definition) is 3. The molecule has 0 saturated heterocycles. The van der Waals surface area contributed by atoms with Gasteiger partial charge in [-0.05, 0) is 35.4 Å². The molecular formula is C23H19ClN2OS.